The van der Waals surface area contributed by atoms with Gasteiger partial charge in [0.1, 0.15) is 5.70 Å². The van der Waals surface area contributed by atoms with Crippen LogP contribution in [0.15, 0.2) is 78.6 Å². The molecule has 3 aromatic carbocycles. The van der Waals surface area contributed by atoms with Crippen LogP contribution in [0.1, 0.15) is 21.5 Å². The van der Waals surface area contributed by atoms with Crippen LogP contribution in [-0.2, 0) is 11.3 Å². The maximum atomic E-state index is 13.3. The average molecular weight is 486 g/mol. The molecule has 4 rings (SSSR count). The van der Waals surface area contributed by atoms with Gasteiger partial charge in [0.15, 0.2) is 11.5 Å². The van der Waals surface area contributed by atoms with Crippen LogP contribution in [0, 0.1) is 0 Å². The fourth-order valence-corrected chi connectivity index (χ4v) is 3.83. The Labute approximate surface area is 208 Å². The normalized spacial score (nSPS) is 11.1. The Hall–Kier alpha value is -4.72. The van der Waals surface area contributed by atoms with Crippen molar-refractivity contribution in [3.63, 3.8) is 0 Å². The van der Waals surface area contributed by atoms with E-state index < -0.39 is 5.91 Å². The van der Waals surface area contributed by atoms with Gasteiger partial charge in [-0.2, -0.15) is 0 Å². The fraction of sp³-hybridized carbons (Fsp3) is 0.143. The molecule has 0 spiro atoms. The van der Waals surface area contributed by atoms with E-state index in [1.54, 1.807) is 48.7 Å². The molecule has 1 aromatic heterocycles. The second-order valence-electron chi connectivity index (χ2n) is 7.88. The standard InChI is InChI=1S/C28H27N3O5/c1-34-24-13-18(14-25(35-2)26(24)36-3)16-30-28(33)23(31-27(32)19-9-5-4-6-10-19)15-20-17-29-22-12-8-7-11-21(20)22/h4-15,17,29H,16H2,1-3H3,(H,30,33)(H,31,32)/b23-15+. The van der Waals surface area contributed by atoms with Crippen molar-refractivity contribution in [2.24, 2.45) is 0 Å². The predicted molar refractivity (Wildman–Crippen MR) is 138 cm³/mol. The average Bonchev–Trinajstić information content (AvgIpc) is 3.33. The lowest BCUT2D eigenvalue weighted by molar-refractivity contribution is -0.117. The number of aromatic amines is 1. The van der Waals surface area contributed by atoms with Crippen molar-refractivity contribution in [1.82, 2.24) is 15.6 Å². The molecule has 8 heteroatoms. The fourth-order valence-electron chi connectivity index (χ4n) is 3.83. The van der Waals surface area contributed by atoms with E-state index in [1.807, 2.05) is 30.3 Å². The monoisotopic (exact) mass is 485 g/mol. The number of amides is 2. The van der Waals surface area contributed by atoms with E-state index in [0.29, 0.717) is 22.8 Å². The summed E-state index contributed by atoms with van der Waals surface area (Å²) >= 11 is 0. The number of fused-ring (bicyclic) bond motifs is 1. The first-order chi connectivity index (χ1) is 17.5. The van der Waals surface area contributed by atoms with Gasteiger partial charge in [0.25, 0.3) is 11.8 Å². The SMILES string of the molecule is COc1cc(CNC(=O)/C(=C\c2c[nH]c3ccccc23)NC(=O)c2ccccc2)cc(OC)c1OC. The van der Waals surface area contributed by atoms with E-state index in [2.05, 4.69) is 15.6 Å². The van der Waals surface area contributed by atoms with Crippen molar-refractivity contribution in [3.8, 4) is 17.2 Å². The Morgan fingerprint density at radius 3 is 2.22 bits per heavy atom. The van der Waals surface area contributed by atoms with Crippen LogP contribution in [0.2, 0.25) is 0 Å². The number of para-hydroxylation sites is 1. The Morgan fingerprint density at radius 2 is 1.56 bits per heavy atom. The molecule has 0 bridgehead atoms. The lowest BCUT2D eigenvalue weighted by atomic mass is 10.1. The zero-order valence-corrected chi connectivity index (χ0v) is 20.3. The molecule has 0 aliphatic heterocycles. The molecular formula is C28H27N3O5. The van der Waals surface area contributed by atoms with E-state index in [0.717, 1.165) is 22.0 Å². The highest BCUT2D eigenvalue weighted by Crippen LogP contribution is 2.38. The topological polar surface area (TPSA) is 102 Å². The Morgan fingerprint density at radius 1 is 0.889 bits per heavy atom. The summed E-state index contributed by atoms with van der Waals surface area (Å²) in [5, 5.41) is 6.57. The van der Waals surface area contributed by atoms with Crippen LogP contribution < -0.4 is 24.8 Å². The molecule has 3 N–H and O–H groups in total. The maximum absolute atomic E-state index is 13.3. The summed E-state index contributed by atoms with van der Waals surface area (Å²) in [5.41, 5.74) is 2.99. The van der Waals surface area contributed by atoms with E-state index >= 15 is 0 Å². The molecule has 8 nitrogen and oxygen atoms in total. The summed E-state index contributed by atoms with van der Waals surface area (Å²) in [6, 6.07) is 20.0. The van der Waals surface area contributed by atoms with Crippen LogP contribution >= 0.6 is 0 Å². The first-order valence-corrected chi connectivity index (χ1v) is 11.2. The largest absolute Gasteiger partial charge is 0.493 e. The van der Waals surface area contributed by atoms with E-state index in [-0.39, 0.29) is 18.1 Å². The number of carbonyl (C=O) groups is 2. The van der Waals surface area contributed by atoms with Gasteiger partial charge in [0, 0.05) is 34.8 Å². The summed E-state index contributed by atoms with van der Waals surface area (Å²) in [7, 11) is 4.58. The molecule has 0 radical (unpaired) electrons. The number of methoxy groups -OCH3 is 3. The van der Waals surface area contributed by atoms with Gasteiger partial charge in [-0.3, -0.25) is 9.59 Å². The number of nitrogens with one attached hydrogen (secondary N) is 3. The van der Waals surface area contributed by atoms with Crippen LogP contribution in [0.5, 0.6) is 17.2 Å². The first kappa shape index (κ1) is 24.4. The Bertz CT molecular complexity index is 1380. The lowest BCUT2D eigenvalue weighted by Crippen LogP contribution is -2.34. The minimum absolute atomic E-state index is 0.112. The van der Waals surface area contributed by atoms with Gasteiger partial charge in [-0.1, -0.05) is 36.4 Å². The van der Waals surface area contributed by atoms with Crippen molar-refractivity contribution in [2.45, 2.75) is 6.54 Å². The zero-order valence-electron chi connectivity index (χ0n) is 20.3. The molecule has 0 aliphatic carbocycles. The molecule has 4 aromatic rings. The number of H-pyrrole nitrogens is 1. The quantitative estimate of drug-likeness (QED) is 0.307. The molecule has 1 heterocycles. The summed E-state index contributed by atoms with van der Waals surface area (Å²) < 4.78 is 16.2. The van der Waals surface area contributed by atoms with E-state index in [4.69, 9.17) is 14.2 Å². The molecule has 2 amide bonds. The van der Waals surface area contributed by atoms with Gasteiger partial charge in [0.2, 0.25) is 5.75 Å². The molecule has 36 heavy (non-hydrogen) atoms. The van der Waals surface area contributed by atoms with Gasteiger partial charge < -0.3 is 29.8 Å². The number of aromatic nitrogens is 1. The maximum Gasteiger partial charge on any atom is 0.268 e. The van der Waals surface area contributed by atoms with E-state index in [9.17, 15) is 9.59 Å². The smallest absolute Gasteiger partial charge is 0.268 e. The molecule has 0 saturated heterocycles. The highest BCUT2D eigenvalue weighted by atomic mass is 16.5. The van der Waals surface area contributed by atoms with Gasteiger partial charge in [-0.05, 0) is 42.0 Å². The first-order valence-electron chi connectivity index (χ1n) is 11.2. The summed E-state index contributed by atoms with van der Waals surface area (Å²) in [5.74, 6) is 0.592. The van der Waals surface area contributed by atoms with Crippen molar-refractivity contribution < 1.29 is 23.8 Å². The van der Waals surface area contributed by atoms with Gasteiger partial charge in [-0.25, -0.2) is 0 Å². The van der Waals surface area contributed by atoms with Crippen molar-refractivity contribution in [1.29, 1.82) is 0 Å². The predicted octanol–water partition coefficient (Wildman–Crippen LogP) is 4.28. The lowest BCUT2D eigenvalue weighted by Gasteiger charge is -2.15. The van der Waals surface area contributed by atoms with Crippen molar-refractivity contribution in [3.05, 3.63) is 95.3 Å². The highest BCUT2D eigenvalue weighted by molar-refractivity contribution is 6.06. The number of hydrogen-bond acceptors (Lipinski definition) is 5. The third-order valence-electron chi connectivity index (χ3n) is 5.63. The number of benzene rings is 3. The van der Waals surface area contributed by atoms with Gasteiger partial charge >= 0.3 is 0 Å². The number of carbonyl (C=O) groups excluding carboxylic acids is 2. The minimum Gasteiger partial charge on any atom is -0.493 e. The van der Waals surface area contributed by atoms with Crippen LogP contribution in [0.25, 0.3) is 17.0 Å². The highest BCUT2D eigenvalue weighted by Gasteiger charge is 2.17. The van der Waals surface area contributed by atoms with Crippen molar-refractivity contribution >= 4 is 28.8 Å². The summed E-state index contributed by atoms with van der Waals surface area (Å²) in [6.07, 6.45) is 3.45. The number of rotatable bonds is 9. The summed E-state index contributed by atoms with van der Waals surface area (Å²) in [6.45, 7) is 0.169. The van der Waals surface area contributed by atoms with Crippen LogP contribution in [-0.4, -0.2) is 38.1 Å². The molecule has 184 valence electrons. The van der Waals surface area contributed by atoms with Crippen LogP contribution in [0.4, 0.5) is 0 Å². The second kappa shape index (κ2) is 11.1. The number of hydrogen-bond donors (Lipinski definition) is 3. The molecule has 0 atom stereocenters. The van der Waals surface area contributed by atoms with Crippen LogP contribution in [0.3, 0.4) is 0 Å². The Balaban J connectivity index is 1.62. The molecule has 0 unspecified atom stereocenters. The second-order valence-corrected chi connectivity index (χ2v) is 7.88. The Kier molecular flexibility index (Phi) is 7.55. The third-order valence-corrected chi connectivity index (χ3v) is 5.63. The van der Waals surface area contributed by atoms with Gasteiger partial charge in [0.05, 0.1) is 21.3 Å². The minimum atomic E-state index is -0.446. The molecule has 0 aliphatic rings. The molecular weight excluding hydrogens is 458 g/mol. The number of ether oxygens (including phenoxy) is 3. The van der Waals surface area contributed by atoms with Crippen molar-refractivity contribution in [2.75, 3.05) is 21.3 Å². The molecule has 0 fully saturated rings. The molecule has 0 saturated carbocycles. The zero-order chi connectivity index (χ0) is 25.5. The van der Waals surface area contributed by atoms with Gasteiger partial charge in [-0.15, -0.1) is 0 Å². The third kappa shape index (κ3) is 5.33. The van der Waals surface area contributed by atoms with E-state index in [1.165, 1.54) is 21.3 Å². The summed E-state index contributed by atoms with van der Waals surface area (Å²) in [4.78, 5) is 29.3.